The Balaban J connectivity index is 1.89. The van der Waals surface area contributed by atoms with Crippen LogP contribution in [-0.2, 0) is 4.79 Å². The molecule has 0 heterocycles. The summed E-state index contributed by atoms with van der Waals surface area (Å²) in [4.78, 5) is 23.6. The maximum absolute atomic E-state index is 11.9. The lowest BCUT2D eigenvalue weighted by Gasteiger charge is -2.01. The normalized spacial score (nSPS) is 9.38. The summed E-state index contributed by atoms with van der Waals surface area (Å²) in [6, 6.07) is 16.4. The van der Waals surface area contributed by atoms with Crippen molar-refractivity contribution in [1.82, 2.24) is 5.32 Å². The highest BCUT2D eigenvalue weighted by molar-refractivity contribution is 6.42. The number of amides is 1. The molecule has 0 saturated carbocycles. The van der Waals surface area contributed by atoms with Crippen molar-refractivity contribution in [2.24, 2.45) is 0 Å². The smallest absolute Gasteiger partial charge is 0.293 e. The van der Waals surface area contributed by atoms with Crippen LogP contribution in [0.3, 0.4) is 0 Å². The molecule has 0 radical (unpaired) electrons. The van der Waals surface area contributed by atoms with E-state index in [-0.39, 0.29) is 6.54 Å². The molecule has 1 N–H and O–H groups in total. The topological polar surface area (TPSA) is 46.2 Å². The molecule has 2 rings (SSSR count). The largest absolute Gasteiger partial charge is 0.338 e. The molecule has 1 amide bonds. The van der Waals surface area contributed by atoms with E-state index in [2.05, 4.69) is 17.2 Å². The number of nitrogens with one attached hydrogen (secondary N) is 1. The number of hydrogen-bond acceptors (Lipinski definition) is 2. The fourth-order valence-corrected chi connectivity index (χ4v) is 1.71. The van der Waals surface area contributed by atoms with Gasteiger partial charge in [-0.1, -0.05) is 59.9 Å². The van der Waals surface area contributed by atoms with Gasteiger partial charge in [0.2, 0.25) is 5.78 Å². The summed E-state index contributed by atoms with van der Waals surface area (Å²) < 4.78 is 0. The highest BCUT2D eigenvalue weighted by Crippen LogP contribution is 2.03. The number of aryl methyl sites for hydroxylation is 1. The average molecular weight is 277 g/mol. The number of ketones is 1. The van der Waals surface area contributed by atoms with Crippen molar-refractivity contribution in [2.45, 2.75) is 6.92 Å². The Morgan fingerprint density at radius 2 is 1.67 bits per heavy atom. The summed E-state index contributed by atoms with van der Waals surface area (Å²) in [6.45, 7) is 2.07. The van der Waals surface area contributed by atoms with Crippen molar-refractivity contribution in [1.29, 1.82) is 0 Å². The summed E-state index contributed by atoms with van der Waals surface area (Å²) in [5, 5.41) is 2.50. The maximum atomic E-state index is 11.9. The van der Waals surface area contributed by atoms with Crippen molar-refractivity contribution >= 4 is 11.7 Å². The predicted molar refractivity (Wildman–Crippen MR) is 81.8 cm³/mol. The molecule has 0 unspecified atom stereocenters. The number of Topliss-reactive ketones (excluding diaryl/α,β-unsaturated/α-hetero) is 1. The molecule has 0 fully saturated rings. The van der Waals surface area contributed by atoms with Gasteiger partial charge >= 0.3 is 0 Å². The van der Waals surface area contributed by atoms with Gasteiger partial charge in [-0.25, -0.2) is 0 Å². The first kappa shape index (κ1) is 14.5. The first-order chi connectivity index (χ1) is 10.2. The van der Waals surface area contributed by atoms with Gasteiger partial charge in [0, 0.05) is 11.1 Å². The van der Waals surface area contributed by atoms with Crippen molar-refractivity contribution in [3.05, 3.63) is 71.3 Å². The van der Waals surface area contributed by atoms with Gasteiger partial charge in [0.1, 0.15) is 0 Å². The lowest BCUT2D eigenvalue weighted by Crippen LogP contribution is -2.31. The van der Waals surface area contributed by atoms with Crippen molar-refractivity contribution in [3.8, 4) is 11.8 Å². The summed E-state index contributed by atoms with van der Waals surface area (Å²) >= 11 is 0. The Bertz CT molecular complexity index is 691. The van der Waals surface area contributed by atoms with Gasteiger partial charge in [0.05, 0.1) is 6.54 Å². The van der Waals surface area contributed by atoms with Crippen LogP contribution in [0.4, 0.5) is 0 Å². The van der Waals surface area contributed by atoms with Crippen LogP contribution in [0, 0.1) is 18.8 Å². The molecular weight excluding hydrogens is 262 g/mol. The summed E-state index contributed by atoms with van der Waals surface area (Å²) in [7, 11) is 0. The van der Waals surface area contributed by atoms with E-state index in [0.717, 1.165) is 11.1 Å². The molecule has 3 nitrogen and oxygen atoms in total. The van der Waals surface area contributed by atoms with Gasteiger partial charge in [0.15, 0.2) is 0 Å². The van der Waals surface area contributed by atoms with Crippen LogP contribution in [0.1, 0.15) is 21.5 Å². The Hall–Kier alpha value is -2.86. The Labute approximate surface area is 124 Å². The zero-order valence-corrected chi connectivity index (χ0v) is 11.7. The molecule has 0 aliphatic rings. The number of benzene rings is 2. The van der Waals surface area contributed by atoms with Crippen LogP contribution in [0.25, 0.3) is 0 Å². The van der Waals surface area contributed by atoms with E-state index in [9.17, 15) is 9.59 Å². The Kier molecular flexibility index (Phi) is 4.89. The fourth-order valence-electron chi connectivity index (χ4n) is 1.71. The average Bonchev–Trinajstić information content (AvgIpc) is 2.52. The lowest BCUT2D eigenvalue weighted by atomic mass is 10.1. The third-order valence-corrected chi connectivity index (χ3v) is 2.86. The minimum absolute atomic E-state index is 0.144. The first-order valence-corrected chi connectivity index (χ1v) is 6.60. The van der Waals surface area contributed by atoms with E-state index >= 15 is 0 Å². The van der Waals surface area contributed by atoms with E-state index in [1.54, 1.807) is 24.3 Å². The highest BCUT2D eigenvalue weighted by atomic mass is 16.2. The summed E-state index contributed by atoms with van der Waals surface area (Å²) in [6.07, 6.45) is 0. The molecule has 21 heavy (non-hydrogen) atoms. The van der Waals surface area contributed by atoms with Crippen molar-refractivity contribution in [3.63, 3.8) is 0 Å². The summed E-state index contributed by atoms with van der Waals surface area (Å²) in [5.41, 5.74) is 2.30. The molecule has 0 aromatic heterocycles. The standard InChI is InChI=1S/C18H15NO2/c1-14-9-11-16(12-10-14)17(20)18(21)19-13-5-8-15-6-3-2-4-7-15/h2-4,6-7,9-12H,13H2,1H3,(H,19,21). The molecule has 0 aliphatic carbocycles. The molecule has 2 aromatic rings. The van der Waals surface area contributed by atoms with Crippen LogP contribution in [0.15, 0.2) is 54.6 Å². The fraction of sp³-hybridized carbons (Fsp3) is 0.111. The van der Waals surface area contributed by atoms with E-state index in [0.29, 0.717) is 5.56 Å². The number of carbonyl (C=O) groups is 2. The zero-order valence-electron chi connectivity index (χ0n) is 11.7. The first-order valence-electron chi connectivity index (χ1n) is 6.60. The number of hydrogen-bond donors (Lipinski definition) is 1. The highest BCUT2D eigenvalue weighted by Gasteiger charge is 2.14. The van der Waals surface area contributed by atoms with Gasteiger partial charge < -0.3 is 5.32 Å². The van der Waals surface area contributed by atoms with Crippen molar-refractivity contribution < 1.29 is 9.59 Å². The molecule has 0 aliphatic heterocycles. The SMILES string of the molecule is Cc1ccc(C(=O)C(=O)NCC#Cc2ccccc2)cc1. The van der Waals surface area contributed by atoms with Crippen LogP contribution in [-0.4, -0.2) is 18.2 Å². The predicted octanol–water partition coefficient (Wildman–Crippen LogP) is 2.35. The number of rotatable bonds is 3. The van der Waals surface area contributed by atoms with E-state index in [4.69, 9.17) is 0 Å². The van der Waals surface area contributed by atoms with Gasteiger partial charge in [-0.2, -0.15) is 0 Å². The molecule has 3 heteroatoms. The van der Waals surface area contributed by atoms with Crippen molar-refractivity contribution in [2.75, 3.05) is 6.54 Å². The molecule has 2 aromatic carbocycles. The summed E-state index contributed by atoms with van der Waals surface area (Å²) in [5.74, 6) is 4.54. The molecule has 0 bridgehead atoms. The van der Waals surface area contributed by atoms with Gasteiger partial charge in [0.25, 0.3) is 5.91 Å². The van der Waals surface area contributed by atoms with Crippen LogP contribution in [0.5, 0.6) is 0 Å². The zero-order chi connectivity index (χ0) is 15.1. The minimum atomic E-state index is -0.638. The van der Waals surface area contributed by atoms with E-state index < -0.39 is 11.7 Å². The second kappa shape index (κ2) is 7.06. The van der Waals surface area contributed by atoms with Gasteiger partial charge in [-0.05, 0) is 19.1 Å². The third kappa shape index (κ3) is 4.32. The van der Waals surface area contributed by atoms with Crippen LogP contribution in [0.2, 0.25) is 0 Å². The third-order valence-electron chi connectivity index (χ3n) is 2.86. The molecule has 0 spiro atoms. The minimum Gasteiger partial charge on any atom is -0.338 e. The molecule has 0 saturated heterocycles. The second-order valence-corrected chi connectivity index (χ2v) is 4.55. The van der Waals surface area contributed by atoms with Gasteiger partial charge in [-0.3, -0.25) is 9.59 Å². The lowest BCUT2D eigenvalue weighted by molar-refractivity contribution is -0.116. The number of carbonyl (C=O) groups excluding carboxylic acids is 2. The van der Waals surface area contributed by atoms with E-state index in [1.165, 1.54) is 0 Å². The van der Waals surface area contributed by atoms with Crippen LogP contribution < -0.4 is 5.32 Å². The Morgan fingerprint density at radius 1 is 1.00 bits per heavy atom. The van der Waals surface area contributed by atoms with Gasteiger partial charge in [-0.15, -0.1) is 0 Å². The molecule has 104 valence electrons. The maximum Gasteiger partial charge on any atom is 0.293 e. The van der Waals surface area contributed by atoms with E-state index in [1.807, 2.05) is 37.3 Å². The second-order valence-electron chi connectivity index (χ2n) is 4.55. The van der Waals surface area contributed by atoms with Crippen LogP contribution >= 0.6 is 0 Å². The molecule has 0 atom stereocenters. The molecular formula is C18H15NO2. The quantitative estimate of drug-likeness (QED) is 0.532. The Morgan fingerprint density at radius 3 is 2.33 bits per heavy atom. The monoisotopic (exact) mass is 277 g/mol.